The van der Waals surface area contributed by atoms with Gasteiger partial charge in [-0.2, -0.15) is 0 Å². The van der Waals surface area contributed by atoms with Crippen LogP contribution in [-0.2, 0) is 11.2 Å². The Morgan fingerprint density at radius 2 is 2.39 bits per heavy atom. The molecule has 0 spiro atoms. The van der Waals surface area contributed by atoms with E-state index in [9.17, 15) is 4.79 Å². The number of ether oxygens (including phenoxy) is 2. The largest absolute Gasteiger partial charge is 0.492 e. The third-order valence-corrected chi connectivity index (χ3v) is 2.76. The lowest BCUT2D eigenvalue weighted by atomic mass is 10.1. The van der Waals surface area contributed by atoms with Crippen LogP contribution in [0.4, 0.5) is 5.69 Å². The Morgan fingerprint density at radius 3 is 3.06 bits per heavy atom. The molecule has 18 heavy (non-hydrogen) atoms. The van der Waals surface area contributed by atoms with Crippen LogP contribution in [0.1, 0.15) is 19.4 Å². The number of benzene rings is 1. The highest BCUT2D eigenvalue weighted by atomic mass is 16.5. The van der Waals surface area contributed by atoms with E-state index in [1.165, 1.54) is 0 Å². The van der Waals surface area contributed by atoms with Crippen LogP contribution in [0.25, 0.3) is 0 Å². The van der Waals surface area contributed by atoms with Crippen LogP contribution >= 0.6 is 0 Å². The average Bonchev–Trinajstić information content (AvgIpc) is 2.69. The summed E-state index contributed by atoms with van der Waals surface area (Å²) in [7, 11) is 0. The number of fused-ring (bicyclic) bond motifs is 1. The number of anilines is 1. The molecule has 3 N–H and O–H groups in total. The minimum Gasteiger partial charge on any atom is -0.492 e. The first-order valence-corrected chi connectivity index (χ1v) is 6.10. The summed E-state index contributed by atoms with van der Waals surface area (Å²) >= 11 is 0. The molecule has 0 fully saturated rings. The molecule has 1 heterocycles. The van der Waals surface area contributed by atoms with E-state index in [0.717, 1.165) is 17.7 Å². The zero-order valence-electron chi connectivity index (χ0n) is 10.7. The Balaban J connectivity index is 2.31. The molecule has 1 atom stereocenters. The molecule has 1 aromatic rings. The maximum absolute atomic E-state index is 11.4. The van der Waals surface area contributed by atoms with Gasteiger partial charge in [-0.3, -0.25) is 4.79 Å². The van der Waals surface area contributed by atoms with Crippen molar-refractivity contribution < 1.29 is 14.3 Å². The lowest BCUT2D eigenvalue weighted by Gasteiger charge is -2.13. The SMILES string of the molecule is CCOc1cc2c(cc1NC(=O)CN)OC(C)C2. The van der Waals surface area contributed by atoms with Crippen molar-refractivity contribution in [2.45, 2.75) is 26.4 Å². The second kappa shape index (κ2) is 5.27. The van der Waals surface area contributed by atoms with Gasteiger partial charge in [-0.05, 0) is 19.9 Å². The molecule has 0 saturated carbocycles. The zero-order chi connectivity index (χ0) is 13.1. The van der Waals surface area contributed by atoms with Crippen molar-refractivity contribution in [1.29, 1.82) is 0 Å². The summed E-state index contributed by atoms with van der Waals surface area (Å²) in [5, 5.41) is 2.72. The lowest BCUT2D eigenvalue weighted by molar-refractivity contribution is -0.114. The minimum absolute atomic E-state index is 0.0556. The van der Waals surface area contributed by atoms with Gasteiger partial charge in [0.2, 0.25) is 5.91 Å². The molecule has 5 heteroatoms. The fourth-order valence-corrected chi connectivity index (χ4v) is 2.01. The molecular weight excluding hydrogens is 232 g/mol. The highest BCUT2D eigenvalue weighted by Gasteiger charge is 2.22. The topological polar surface area (TPSA) is 73.6 Å². The van der Waals surface area contributed by atoms with Gasteiger partial charge in [0.25, 0.3) is 0 Å². The number of hydrogen-bond acceptors (Lipinski definition) is 4. The van der Waals surface area contributed by atoms with Gasteiger partial charge >= 0.3 is 0 Å². The van der Waals surface area contributed by atoms with E-state index < -0.39 is 0 Å². The summed E-state index contributed by atoms with van der Waals surface area (Å²) in [6.45, 7) is 4.40. The van der Waals surface area contributed by atoms with Gasteiger partial charge in [0.15, 0.2) is 0 Å². The van der Waals surface area contributed by atoms with Crippen LogP contribution in [0.5, 0.6) is 11.5 Å². The molecule has 0 bridgehead atoms. The average molecular weight is 250 g/mol. The Labute approximate surface area is 106 Å². The number of nitrogens with one attached hydrogen (secondary N) is 1. The Bertz CT molecular complexity index is 460. The lowest BCUT2D eigenvalue weighted by Crippen LogP contribution is -2.22. The normalized spacial score (nSPS) is 16.9. The standard InChI is InChI=1S/C13H18N2O3/c1-3-17-12-5-9-4-8(2)18-11(9)6-10(12)15-13(16)7-14/h5-6,8H,3-4,7,14H2,1-2H3,(H,15,16). The van der Waals surface area contributed by atoms with E-state index in [1.807, 2.05) is 19.9 Å². The number of hydrogen-bond donors (Lipinski definition) is 2. The maximum Gasteiger partial charge on any atom is 0.238 e. The van der Waals surface area contributed by atoms with Crippen LogP contribution in [0.15, 0.2) is 12.1 Å². The van der Waals surface area contributed by atoms with Gasteiger partial charge in [0.05, 0.1) is 18.8 Å². The van der Waals surface area contributed by atoms with E-state index in [1.54, 1.807) is 6.07 Å². The first-order chi connectivity index (χ1) is 8.63. The highest BCUT2D eigenvalue weighted by molar-refractivity contribution is 5.94. The highest BCUT2D eigenvalue weighted by Crippen LogP contribution is 2.37. The molecule has 0 radical (unpaired) electrons. The van der Waals surface area contributed by atoms with E-state index >= 15 is 0 Å². The molecule has 1 aliphatic rings. The zero-order valence-corrected chi connectivity index (χ0v) is 10.7. The molecular formula is C13H18N2O3. The molecule has 0 saturated heterocycles. The summed E-state index contributed by atoms with van der Waals surface area (Å²) in [6, 6.07) is 3.73. The summed E-state index contributed by atoms with van der Waals surface area (Å²) in [5.41, 5.74) is 7.01. The molecule has 1 unspecified atom stereocenters. The smallest absolute Gasteiger partial charge is 0.238 e. The molecule has 1 aromatic carbocycles. The van der Waals surface area contributed by atoms with Crippen LogP contribution < -0.4 is 20.5 Å². The van der Waals surface area contributed by atoms with Crippen LogP contribution in [0.2, 0.25) is 0 Å². The summed E-state index contributed by atoms with van der Waals surface area (Å²) in [5.74, 6) is 1.22. The fourth-order valence-electron chi connectivity index (χ4n) is 2.01. The van der Waals surface area contributed by atoms with Gasteiger partial charge in [0, 0.05) is 18.1 Å². The number of rotatable bonds is 4. The number of carbonyl (C=O) groups is 1. The van der Waals surface area contributed by atoms with Crippen molar-refractivity contribution in [1.82, 2.24) is 0 Å². The molecule has 0 aromatic heterocycles. The van der Waals surface area contributed by atoms with Gasteiger partial charge < -0.3 is 20.5 Å². The summed E-state index contributed by atoms with van der Waals surface area (Å²) in [4.78, 5) is 11.4. The first-order valence-electron chi connectivity index (χ1n) is 6.10. The second-order valence-electron chi connectivity index (χ2n) is 4.27. The molecule has 1 amide bonds. The van der Waals surface area contributed by atoms with Gasteiger partial charge in [0.1, 0.15) is 17.6 Å². The Kier molecular flexibility index (Phi) is 3.72. The molecule has 5 nitrogen and oxygen atoms in total. The Morgan fingerprint density at radius 1 is 1.61 bits per heavy atom. The monoisotopic (exact) mass is 250 g/mol. The van der Waals surface area contributed by atoms with Crippen LogP contribution in [0, 0.1) is 0 Å². The molecule has 1 aliphatic heterocycles. The predicted molar refractivity (Wildman–Crippen MR) is 69.1 cm³/mol. The third kappa shape index (κ3) is 2.56. The third-order valence-electron chi connectivity index (χ3n) is 2.76. The number of amides is 1. The van der Waals surface area contributed by atoms with Crippen LogP contribution in [-0.4, -0.2) is 25.2 Å². The van der Waals surface area contributed by atoms with Crippen molar-refractivity contribution in [3.63, 3.8) is 0 Å². The fraction of sp³-hybridized carbons (Fsp3) is 0.462. The van der Waals surface area contributed by atoms with E-state index in [-0.39, 0.29) is 18.6 Å². The van der Waals surface area contributed by atoms with E-state index in [0.29, 0.717) is 18.0 Å². The maximum atomic E-state index is 11.4. The molecule has 2 rings (SSSR count). The Hall–Kier alpha value is -1.75. The van der Waals surface area contributed by atoms with Crippen molar-refractivity contribution in [2.24, 2.45) is 5.73 Å². The van der Waals surface area contributed by atoms with Crippen molar-refractivity contribution in [3.8, 4) is 11.5 Å². The minimum atomic E-state index is -0.248. The quantitative estimate of drug-likeness (QED) is 0.845. The predicted octanol–water partition coefficient (Wildman–Crippen LogP) is 1.31. The van der Waals surface area contributed by atoms with E-state index in [4.69, 9.17) is 15.2 Å². The van der Waals surface area contributed by atoms with Gasteiger partial charge in [-0.1, -0.05) is 0 Å². The summed E-state index contributed by atoms with van der Waals surface area (Å²) in [6.07, 6.45) is 1.02. The van der Waals surface area contributed by atoms with Gasteiger partial charge in [-0.15, -0.1) is 0 Å². The van der Waals surface area contributed by atoms with Crippen molar-refractivity contribution in [3.05, 3.63) is 17.7 Å². The van der Waals surface area contributed by atoms with Crippen molar-refractivity contribution in [2.75, 3.05) is 18.5 Å². The van der Waals surface area contributed by atoms with Crippen molar-refractivity contribution >= 4 is 11.6 Å². The molecule has 0 aliphatic carbocycles. The number of carbonyl (C=O) groups excluding carboxylic acids is 1. The van der Waals surface area contributed by atoms with Crippen LogP contribution in [0.3, 0.4) is 0 Å². The summed E-state index contributed by atoms with van der Waals surface area (Å²) < 4.78 is 11.2. The second-order valence-corrected chi connectivity index (χ2v) is 4.27. The molecule has 98 valence electrons. The van der Waals surface area contributed by atoms with E-state index in [2.05, 4.69) is 5.32 Å². The number of nitrogens with two attached hydrogens (primary N) is 1. The van der Waals surface area contributed by atoms with Gasteiger partial charge in [-0.25, -0.2) is 0 Å². The first kappa shape index (κ1) is 12.7.